The molecule has 0 radical (unpaired) electrons. The highest BCUT2D eigenvalue weighted by molar-refractivity contribution is 8.18. The maximum Gasteiger partial charge on any atom is 0.293 e. The maximum absolute atomic E-state index is 12.8. The van der Waals surface area contributed by atoms with Crippen LogP contribution in [0, 0.1) is 13.8 Å². The highest BCUT2D eigenvalue weighted by Crippen LogP contribution is 2.33. The van der Waals surface area contributed by atoms with E-state index in [1.807, 2.05) is 44.2 Å². The van der Waals surface area contributed by atoms with Gasteiger partial charge in [0.15, 0.2) is 0 Å². The normalized spacial score (nSPS) is 15.1. The SMILES string of the molecule is Cc1cc(/C=C2\SC(=O)N(CCOc3ccc(Cl)cc3)C2=O)c(C)n1-c1ccc(Cl)cc1. The molecular weight excluding hydrogens is 467 g/mol. The van der Waals surface area contributed by atoms with Gasteiger partial charge >= 0.3 is 0 Å². The lowest BCUT2D eigenvalue weighted by atomic mass is 10.2. The van der Waals surface area contributed by atoms with Gasteiger partial charge < -0.3 is 9.30 Å². The molecular formula is C24H20Cl2N2O3S. The molecule has 1 aliphatic rings. The van der Waals surface area contributed by atoms with Crippen molar-refractivity contribution >= 4 is 52.2 Å². The molecule has 2 amide bonds. The predicted octanol–water partition coefficient (Wildman–Crippen LogP) is 6.52. The molecule has 2 heterocycles. The second kappa shape index (κ2) is 9.45. The molecule has 0 bridgehead atoms. The van der Waals surface area contributed by atoms with Gasteiger partial charge in [0.05, 0.1) is 11.4 Å². The van der Waals surface area contributed by atoms with Crippen LogP contribution in [0.3, 0.4) is 0 Å². The summed E-state index contributed by atoms with van der Waals surface area (Å²) in [4.78, 5) is 26.9. The van der Waals surface area contributed by atoms with E-state index >= 15 is 0 Å². The van der Waals surface area contributed by atoms with E-state index in [1.165, 1.54) is 4.90 Å². The van der Waals surface area contributed by atoms with E-state index in [1.54, 1.807) is 30.3 Å². The van der Waals surface area contributed by atoms with Gasteiger partial charge in [0, 0.05) is 27.1 Å². The predicted molar refractivity (Wildman–Crippen MR) is 130 cm³/mol. The van der Waals surface area contributed by atoms with Crippen LogP contribution in [0.4, 0.5) is 4.79 Å². The van der Waals surface area contributed by atoms with Crippen molar-refractivity contribution in [3.05, 3.63) is 86.5 Å². The first-order chi connectivity index (χ1) is 15.3. The van der Waals surface area contributed by atoms with Gasteiger partial charge in [0.25, 0.3) is 11.1 Å². The second-order valence-corrected chi connectivity index (χ2v) is 9.14. The number of carbonyl (C=O) groups is 2. The van der Waals surface area contributed by atoms with Crippen LogP contribution in [0.5, 0.6) is 5.75 Å². The molecule has 8 heteroatoms. The first-order valence-electron chi connectivity index (χ1n) is 9.92. The van der Waals surface area contributed by atoms with Crippen LogP contribution in [0.15, 0.2) is 59.5 Å². The summed E-state index contributed by atoms with van der Waals surface area (Å²) in [5.74, 6) is 0.322. The number of amides is 2. The van der Waals surface area contributed by atoms with Crippen LogP contribution in [-0.4, -0.2) is 33.8 Å². The molecule has 2 aromatic carbocycles. The molecule has 0 unspecified atom stereocenters. The van der Waals surface area contributed by atoms with Crippen molar-refractivity contribution in [1.82, 2.24) is 9.47 Å². The molecule has 1 fully saturated rings. The molecule has 4 rings (SSSR count). The third-order valence-corrected chi connectivity index (χ3v) is 6.52. The topological polar surface area (TPSA) is 51.5 Å². The summed E-state index contributed by atoms with van der Waals surface area (Å²) in [5.41, 5.74) is 3.87. The minimum Gasteiger partial charge on any atom is -0.492 e. The van der Waals surface area contributed by atoms with Crippen molar-refractivity contribution in [2.45, 2.75) is 13.8 Å². The molecule has 164 valence electrons. The van der Waals surface area contributed by atoms with Crippen molar-refractivity contribution in [3.8, 4) is 11.4 Å². The number of benzene rings is 2. The summed E-state index contributed by atoms with van der Waals surface area (Å²) in [6.07, 6.45) is 1.78. The van der Waals surface area contributed by atoms with Crippen molar-refractivity contribution in [2.24, 2.45) is 0 Å². The largest absolute Gasteiger partial charge is 0.492 e. The Morgan fingerprint density at radius 3 is 2.25 bits per heavy atom. The van der Waals surface area contributed by atoms with Gasteiger partial charge in [-0.1, -0.05) is 23.2 Å². The molecule has 5 nitrogen and oxygen atoms in total. The Labute approximate surface area is 200 Å². The lowest BCUT2D eigenvalue weighted by Gasteiger charge is -2.13. The van der Waals surface area contributed by atoms with Crippen LogP contribution in [0.2, 0.25) is 10.0 Å². The molecule has 0 saturated carbocycles. The summed E-state index contributed by atoms with van der Waals surface area (Å²) in [5, 5.41) is 0.987. The minimum atomic E-state index is -0.309. The Balaban J connectivity index is 1.48. The van der Waals surface area contributed by atoms with E-state index in [2.05, 4.69) is 4.57 Å². The van der Waals surface area contributed by atoms with Gasteiger partial charge in [0.2, 0.25) is 0 Å². The summed E-state index contributed by atoms with van der Waals surface area (Å²) < 4.78 is 7.71. The fourth-order valence-electron chi connectivity index (χ4n) is 3.54. The fourth-order valence-corrected chi connectivity index (χ4v) is 4.65. The smallest absolute Gasteiger partial charge is 0.293 e. The zero-order valence-electron chi connectivity index (χ0n) is 17.5. The molecule has 3 aromatic rings. The number of aryl methyl sites for hydroxylation is 1. The average Bonchev–Trinajstić information content (AvgIpc) is 3.19. The Morgan fingerprint density at radius 1 is 0.969 bits per heavy atom. The Bertz CT molecular complexity index is 1200. The minimum absolute atomic E-state index is 0.175. The highest BCUT2D eigenvalue weighted by atomic mass is 35.5. The van der Waals surface area contributed by atoms with Crippen LogP contribution in [0.25, 0.3) is 11.8 Å². The Morgan fingerprint density at radius 2 is 1.59 bits per heavy atom. The summed E-state index contributed by atoms with van der Waals surface area (Å²) in [6.45, 7) is 4.36. The van der Waals surface area contributed by atoms with Gasteiger partial charge in [-0.3, -0.25) is 14.5 Å². The molecule has 1 saturated heterocycles. The Hall–Kier alpha value is -2.67. The number of rotatable bonds is 6. The van der Waals surface area contributed by atoms with Crippen LogP contribution in [0.1, 0.15) is 17.0 Å². The van der Waals surface area contributed by atoms with Gasteiger partial charge in [-0.25, -0.2) is 0 Å². The van der Waals surface area contributed by atoms with Gasteiger partial charge in [-0.2, -0.15) is 0 Å². The lowest BCUT2D eigenvalue weighted by Crippen LogP contribution is -2.32. The number of hydrogen-bond acceptors (Lipinski definition) is 4. The number of aromatic nitrogens is 1. The lowest BCUT2D eigenvalue weighted by molar-refractivity contribution is -0.123. The van der Waals surface area contributed by atoms with Crippen LogP contribution in [-0.2, 0) is 4.79 Å². The number of thioether (sulfide) groups is 1. The third kappa shape index (κ3) is 4.72. The first kappa shape index (κ1) is 22.5. The van der Waals surface area contributed by atoms with Crippen molar-refractivity contribution < 1.29 is 14.3 Å². The average molecular weight is 487 g/mol. The molecule has 0 aliphatic carbocycles. The number of ether oxygens (including phenoxy) is 1. The number of halogens is 2. The van der Waals surface area contributed by atoms with Gasteiger partial charge in [-0.05, 0) is 91.8 Å². The quantitative estimate of drug-likeness (QED) is 0.372. The van der Waals surface area contributed by atoms with Crippen LogP contribution >= 0.6 is 35.0 Å². The summed E-state index contributed by atoms with van der Waals surface area (Å²) >= 11 is 12.8. The number of carbonyl (C=O) groups excluding carboxylic acids is 2. The van der Waals surface area contributed by atoms with E-state index in [-0.39, 0.29) is 24.3 Å². The Kier molecular flexibility index (Phi) is 6.65. The number of nitrogens with zero attached hydrogens (tertiary/aromatic N) is 2. The highest BCUT2D eigenvalue weighted by Gasteiger charge is 2.35. The van der Waals surface area contributed by atoms with E-state index in [9.17, 15) is 9.59 Å². The fraction of sp³-hybridized carbons (Fsp3) is 0.167. The zero-order valence-corrected chi connectivity index (χ0v) is 19.8. The molecule has 32 heavy (non-hydrogen) atoms. The zero-order chi connectivity index (χ0) is 22.8. The molecule has 0 atom stereocenters. The third-order valence-electron chi connectivity index (χ3n) is 5.11. The number of hydrogen-bond donors (Lipinski definition) is 0. The van der Waals surface area contributed by atoms with Crippen molar-refractivity contribution in [2.75, 3.05) is 13.2 Å². The van der Waals surface area contributed by atoms with E-state index in [0.29, 0.717) is 20.7 Å². The molecule has 0 spiro atoms. The first-order valence-corrected chi connectivity index (χ1v) is 11.5. The standard InChI is InChI=1S/C24H20Cl2N2O3S/c1-15-13-17(16(2)28(15)20-7-3-18(25)4-8-20)14-22-23(29)27(24(30)32-22)11-12-31-21-9-5-19(26)6-10-21/h3-10,13-14H,11-12H2,1-2H3/b22-14-. The van der Waals surface area contributed by atoms with E-state index < -0.39 is 0 Å². The van der Waals surface area contributed by atoms with Gasteiger partial charge in [0.1, 0.15) is 12.4 Å². The van der Waals surface area contributed by atoms with Crippen molar-refractivity contribution in [1.29, 1.82) is 0 Å². The molecule has 1 aliphatic heterocycles. The monoisotopic (exact) mass is 486 g/mol. The maximum atomic E-state index is 12.8. The summed E-state index contributed by atoms with van der Waals surface area (Å²) in [7, 11) is 0. The van der Waals surface area contributed by atoms with E-state index in [0.717, 1.165) is 34.4 Å². The molecule has 1 aromatic heterocycles. The summed E-state index contributed by atoms with van der Waals surface area (Å²) in [6, 6.07) is 16.5. The van der Waals surface area contributed by atoms with Gasteiger partial charge in [-0.15, -0.1) is 0 Å². The van der Waals surface area contributed by atoms with E-state index in [4.69, 9.17) is 27.9 Å². The van der Waals surface area contributed by atoms with Crippen molar-refractivity contribution in [3.63, 3.8) is 0 Å². The molecule has 0 N–H and O–H groups in total. The second-order valence-electron chi connectivity index (χ2n) is 7.27. The number of imide groups is 1. The van der Waals surface area contributed by atoms with Crippen LogP contribution < -0.4 is 4.74 Å².